The van der Waals surface area contributed by atoms with Crippen LogP contribution in [0.1, 0.15) is 27.5 Å². The molecule has 0 saturated carbocycles. The van der Waals surface area contributed by atoms with Crippen LogP contribution < -0.4 is 11.1 Å². The van der Waals surface area contributed by atoms with Crippen LogP contribution in [0.3, 0.4) is 0 Å². The van der Waals surface area contributed by atoms with Gasteiger partial charge in [0.1, 0.15) is 6.54 Å². The van der Waals surface area contributed by atoms with E-state index in [1.807, 2.05) is 42.6 Å². The van der Waals surface area contributed by atoms with Crippen molar-refractivity contribution in [3.8, 4) is 0 Å². The van der Waals surface area contributed by atoms with E-state index in [-0.39, 0.29) is 25.0 Å². The van der Waals surface area contributed by atoms with E-state index in [9.17, 15) is 14.4 Å². The van der Waals surface area contributed by atoms with Crippen molar-refractivity contribution in [2.75, 3.05) is 13.1 Å². The number of aromatic nitrogens is 1. The number of fused-ring (bicyclic) bond motifs is 2. The largest absolute Gasteiger partial charge is 0.368 e. The molecular formula is C20H18N4O3. The Morgan fingerprint density at radius 2 is 1.81 bits per heavy atom. The molecule has 2 heterocycles. The van der Waals surface area contributed by atoms with E-state index in [0.29, 0.717) is 5.56 Å². The van der Waals surface area contributed by atoms with Gasteiger partial charge in [-0.25, -0.2) is 0 Å². The van der Waals surface area contributed by atoms with Gasteiger partial charge in [-0.2, -0.15) is 0 Å². The number of rotatable bonds is 5. The number of hydrogen-bond donors (Lipinski definition) is 3. The highest BCUT2D eigenvalue weighted by Gasteiger charge is 2.39. The summed E-state index contributed by atoms with van der Waals surface area (Å²) >= 11 is 0. The molecule has 0 bridgehead atoms. The molecule has 1 atom stereocenters. The smallest absolute Gasteiger partial charge is 0.255 e. The average molecular weight is 362 g/mol. The lowest BCUT2D eigenvalue weighted by Gasteiger charge is -2.24. The van der Waals surface area contributed by atoms with Crippen molar-refractivity contribution in [3.05, 3.63) is 71.4 Å². The molecule has 0 aliphatic carbocycles. The Hall–Kier alpha value is -3.61. The third-order valence-electron chi connectivity index (χ3n) is 4.75. The zero-order valence-electron chi connectivity index (χ0n) is 14.4. The third-order valence-corrected chi connectivity index (χ3v) is 4.75. The van der Waals surface area contributed by atoms with Crippen molar-refractivity contribution in [2.24, 2.45) is 5.73 Å². The molecule has 7 heteroatoms. The minimum Gasteiger partial charge on any atom is -0.368 e. The van der Waals surface area contributed by atoms with E-state index < -0.39 is 11.8 Å². The van der Waals surface area contributed by atoms with Gasteiger partial charge in [-0.3, -0.25) is 14.4 Å². The monoisotopic (exact) mass is 362 g/mol. The first-order valence-electron chi connectivity index (χ1n) is 8.57. The van der Waals surface area contributed by atoms with Crippen LogP contribution in [0.5, 0.6) is 0 Å². The molecule has 0 radical (unpaired) electrons. The van der Waals surface area contributed by atoms with Gasteiger partial charge in [-0.15, -0.1) is 0 Å². The highest BCUT2D eigenvalue weighted by atomic mass is 16.2. The number of primary amides is 1. The molecule has 1 aliphatic heterocycles. The van der Waals surface area contributed by atoms with Gasteiger partial charge in [0.15, 0.2) is 0 Å². The average Bonchev–Trinajstić information content (AvgIpc) is 3.20. The predicted molar refractivity (Wildman–Crippen MR) is 99.8 cm³/mol. The summed E-state index contributed by atoms with van der Waals surface area (Å²) in [6.45, 7) is -0.420. The SMILES string of the molecule is NC(=O)CNC(=O)CN1C(=O)c2ccccc2[C@H]1c1c[nH]c2ccccc12. The molecule has 136 valence electrons. The fourth-order valence-corrected chi connectivity index (χ4v) is 3.59. The second-order valence-corrected chi connectivity index (χ2v) is 6.46. The number of benzene rings is 2. The topological polar surface area (TPSA) is 108 Å². The molecule has 7 nitrogen and oxygen atoms in total. The maximum atomic E-state index is 13.0. The third kappa shape index (κ3) is 2.93. The van der Waals surface area contributed by atoms with Gasteiger partial charge in [0.05, 0.1) is 12.6 Å². The van der Waals surface area contributed by atoms with Gasteiger partial charge in [0, 0.05) is 28.2 Å². The maximum absolute atomic E-state index is 13.0. The Balaban J connectivity index is 1.74. The van der Waals surface area contributed by atoms with Crippen molar-refractivity contribution in [1.82, 2.24) is 15.2 Å². The zero-order chi connectivity index (χ0) is 19.0. The number of H-pyrrole nitrogens is 1. The normalized spacial score (nSPS) is 15.8. The molecule has 0 spiro atoms. The summed E-state index contributed by atoms with van der Waals surface area (Å²) in [4.78, 5) is 40.9. The molecule has 4 N–H and O–H groups in total. The van der Waals surface area contributed by atoms with E-state index in [1.165, 1.54) is 4.90 Å². The summed E-state index contributed by atoms with van der Waals surface area (Å²) in [5.74, 6) is -1.28. The first-order valence-corrected chi connectivity index (χ1v) is 8.57. The van der Waals surface area contributed by atoms with E-state index in [4.69, 9.17) is 5.73 Å². The summed E-state index contributed by atoms with van der Waals surface area (Å²) in [7, 11) is 0. The first kappa shape index (κ1) is 16.8. The zero-order valence-corrected chi connectivity index (χ0v) is 14.4. The van der Waals surface area contributed by atoms with Crippen molar-refractivity contribution in [3.63, 3.8) is 0 Å². The summed E-state index contributed by atoms with van der Waals surface area (Å²) in [6, 6.07) is 14.8. The molecule has 27 heavy (non-hydrogen) atoms. The highest BCUT2D eigenvalue weighted by Crippen LogP contribution is 2.40. The number of nitrogens with two attached hydrogens (primary N) is 1. The van der Waals surface area contributed by atoms with E-state index in [0.717, 1.165) is 22.0 Å². The van der Waals surface area contributed by atoms with E-state index in [2.05, 4.69) is 10.3 Å². The molecule has 3 aromatic rings. The van der Waals surface area contributed by atoms with Gasteiger partial charge in [-0.1, -0.05) is 36.4 Å². The Morgan fingerprint density at radius 1 is 1.07 bits per heavy atom. The van der Waals surface area contributed by atoms with Gasteiger partial charge in [0.25, 0.3) is 5.91 Å². The number of para-hydroxylation sites is 1. The number of hydrogen-bond acceptors (Lipinski definition) is 3. The summed E-state index contributed by atoms with van der Waals surface area (Å²) in [5, 5.41) is 3.44. The summed E-state index contributed by atoms with van der Waals surface area (Å²) in [5.41, 5.74) is 8.39. The molecule has 0 unspecified atom stereocenters. The molecule has 4 rings (SSSR count). The number of aromatic amines is 1. The number of carbonyl (C=O) groups excluding carboxylic acids is 3. The van der Waals surface area contributed by atoms with Crippen LogP contribution in [0, 0.1) is 0 Å². The van der Waals surface area contributed by atoms with Crippen LogP contribution in [0.15, 0.2) is 54.7 Å². The Kier molecular flexibility index (Phi) is 4.12. The Bertz CT molecular complexity index is 1060. The van der Waals surface area contributed by atoms with E-state index >= 15 is 0 Å². The second-order valence-electron chi connectivity index (χ2n) is 6.46. The molecular weight excluding hydrogens is 344 g/mol. The number of carbonyl (C=O) groups is 3. The lowest BCUT2D eigenvalue weighted by atomic mass is 9.97. The van der Waals surface area contributed by atoms with Crippen LogP contribution in [0.2, 0.25) is 0 Å². The first-order chi connectivity index (χ1) is 13.1. The fourth-order valence-electron chi connectivity index (χ4n) is 3.59. The molecule has 2 aromatic carbocycles. The van der Waals surface area contributed by atoms with Gasteiger partial charge < -0.3 is 20.9 Å². The van der Waals surface area contributed by atoms with E-state index in [1.54, 1.807) is 12.1 Å². The molecule has 0 fully saturated rings. The predicted octanol–water partition coefficient (Wildman–Crippen LogP) is 1.31. The number of nitrogens with zero attached hydrogens (tertiary/aromatic N) is 1. The van der Waals surface area contributed by atoms with Crippen LogP contribution >= 0.6 is 0 Å². The van der Waals surface area contributed by atoms with Crippen LogP contribution in [0.25, 0.3) is 10.9 Å². The quantitative estimate of drug-likeness (QED) is 0.637. The Morgan fingerprint density at radius 3 is 2.63 bits per heavy atom. The highest BCUT2D eigenvalue weighted by molar-refractivity contribution is 6.02. The lowest BCUT2D eigenvalue weighted by molar-refractivity contribution is -0.125. The minimum absolute atomic E-state index is 0.162. The molecule has 1 aliphatic rings. The van der Waals surface area contributed by atoms with Crippen molar-refractivity contribution in [1.29, 1.82) is 0 Å². The number of nitrogens with one attached hydrogen (secondary N) is 2. The fraction of sp³-hybridized carbons (Fsp3) is 0.150. The Labute approximate surface area is 155 Å². The van der Waals surface area contributed by atoms with Gasteiger partial charge in [-0.05, 0) is 17.7 Å². The molecule has 0 saturated heterocycles. The van der Waals surface area contributed by atoms with Crippen LogP contribution in [0.4, 0.5) is 0 Å². The summed E-state index contributed by atoms with van der Waals surface area (Å²) in [6.07, 6.45) is 1.87. The number of amides is 3. The minimum atomic E-state index is -0.632. The van der Waals surface area contributed by atoms with Crippen LogP contribution in [-0.4, -0.2) is 40.7 Å². The second kappa shape index (κ2) is 6.60. The lowest BCUT2D eigenvalue weighted by Crippen LogP contribution is -2.42. The maximum Gasteiger partial charge on any atom is 0.255 e. The van der Waals surface area contributed by atoms with Gasteiger partial charge >= 0.3 is 0 Å². The summed E-state index contributed by atoms with van der Waals surface area (Å²) < 4.78 is 0. The van der Waals surface area contributed by atoms with Gasteiger partial charge in [0.2, 0.25) is 11.8 Å². The van der Waals surface area contributed by atoms with Crippen LogP contribution in [-0.2, 0) is 9.59 Å². The van der Waals surface area contributed by atoms with Crippen molar-refractivity contribution >= 4 is 28.6 Å². The molecule has 1 aromatic heterocycles. The van der Waals surface area contributed by atoms with Crippen molar-refractivity contribution in [2.45, 2.75) is 6.04 Å². The van der Waals surface area contributed by atoms with Crippen molar-refractivity contribution < 1.29 is 14.4 Å². The molecule has 3 amide bonds. The standard InChI is InChI=1S/C20H18N4O3/c21-17(25)10-23-18(26)11-24-19(13-6-1-2-7-14(13)20(24)27)15-9-22-16-8-4-3-5-12(15)16/h1-9,19,22H,10-11H2,(H2,21,25)(H,23,26)/t19-/m0/s1.